The summed E-state index contributed by atoms with van der Waals surface area (Å²) in [5.74, 6) is 1.69. The summed E-state index contributed by atoms with van der Waals surface area (Å²) in [6.07, 6.45) is 4.44. The van der Waals surface area contributed by atoms with Crippen LogP contribution in [0.5, 0.6) is 5.75 Å². The molecule has 0 spiro atoms. The van der Waals surface area contributed by atoms with E-state index in [1.165, 1.54) is 24.0 Å². The van der Waals surface area contributed by atoms with Gasteiger partial charge in [0.1, 0.15) is 12.0 Å². The summed E-state index contributed by atoms with van der Waals surface area (Å²) < 4.78 is 5.88. The Morgan fingerprint density at radius 2 is 2.12 bits per heavy atom. The zero-order valence-corrected chi connectivity index (χ0v) is 10.5. The van der Waals surface area contributed by atoms with E-state index in [1.54, 1.807) is 0 Å². The maximum atomic E-state index is 11.1. The first kappa shape index (κ1) is 10.8. The lowest BCUT2D eigenvalue weighted by atomic mass is 9.78. The van der Waals surface area contributed by atoms with Gasteiger partial charge in [0.15, 0.2) is 0 Å². The highest BCUT2D eigenvalue weighted by Crippen LogP contribution is 2.49. The Bertz CT molecular complexity index is 470. The molecule has 2 aliphatic rings. The Labute approximate surface area is 102 Å². The fraction of sp³-hybridized carbons (Fsp3) is 0.533. The van der Waals surface area contributed by atoms with Crippen LogP contribution in [0.4, 0.5) is 0 Å². The molecule has 0 radical (unpaired) electrons. The zero-order chi connectivity index (χ0) is 12.0. The van der Waals surface area contributed by atoms with E-state index in [1.807, 2.05) is 12.1 Å². The lowest BCUT2D eigenvalue weighted by molar-refractivity contribution is 0.112. The molecule has 90 valence electrons. The van der Waals surface area contributed by atoms with Gasteiger partial charge >= 0.3 is 0 Å². The summed E-state index contributed by atoms with van der Waals surface area (Å²) in [6, 6.07) is 4.03. The van der Waals surface area contributed by atoms with Crippen LogP contribution in [0.15, 0.2) is 12.1 Å². The summed E-state index contributed by atoms with van der Waals surface area (Å²) in [5, 5.41) is 0. The van der Waals surface area contributed by atoms with E-state index in [-0.39, 0.29) is 5.41 Å². The summed E-state index contributed by atoms with van der Waals surface area (Å²) >= 11 is 0. The minimum Gasteiger partial charge on any atom is -0.493 e. The number of carbonyl (C=O) groups is 1. The molecule has 1 saturated carbocycles. The molecule has 0 N–H and O–H groups in total. The first-order valence-corrected chi connectivity index (χ1v) is 6.38. The molecule has 1 aromatic rings. The standard InChI is InChI=1S/C15H18O2/c1-15(2)5-6-17-14-12(11-3-4-11)7-10(9-16)8-13(14)15/h7-9,11H,3-6H2,1-2H3. The highest BCUT2D eigenvalue weighted by molar-refractivity contribution is 5.77. The Kier molecular flexibility index (Phi) is 2.29. The molecule has 1 aliphatic carbocycles. The molecule has 17 heavy (non-hydrogen) atoms. The molecule has 2 nitrogen and oxygen atoms in total. The van der Waals surface area contributed by atoms with Crippen molar-refractivity contribution < 1.29 is 9.53 Å². The van der Waals surface area contributed by atoms with Gasteiger partial charge in [-0.25, -0.2) is 0 Å². The van der Waals surface area contributed by atoms with Crippen LogP contribution < -0.4 is 4.74 Å². The molecule has 0 saturated heterocycles. The molecule has 2 heteroatoms. The van der Waals surface area contributed by atoms with Gasteiger partial charge in [0.2, 0.25) is 0 Å². The van der Waals surface area contributed by atoms with Crippen LogP contribution in [0.3, 0.4) is 0 Å². The van der Waals surface area contributed by atoms with Gasteiger partial charge < -0.3 is 4.74 Å². The third kappa shape index (κ3) is 1.76. The molecule has 1 fully saturated rings. The number of rotatable bonds is 2. The number of benzene rings is 1. The molecular weight excluding hydrogens is 212 g/mol. The quantitative estimate of drug-likeness (QED) is 0.727. The normalized spacial score (nSPS) is 21.5. The van der Waals surface area contributed by atoms with E-state index < -0.39 is 0 Å². The predicted octanol–water partition coefficient (Wildman–Crippen LogP) is 3.44. The van der Waals surface area contributed by atoms with Crippen molar-refractivity contribution in [1.29, 1.82) is 0 Å². The van der Waals surface area contributed by atoms with Crippen molar-refractivity contribution in [1.82, 2.24) is 0 Å². The number of fused-ring (bicyclic) bond motifs is 1. The van der Waals surface area contributed by atoms with Crippen LogP contribution in [0.1, 0.15) is 60.5 Å². The van der Waals surface area contributed by atoms with E-state index in [0.29, 0.717) is 5.92 Å². The number of hydrogen-bond acceptors (Lipinski definition) is 2. The van der Waals surface area contributed by atoms with Crippen molar-refractivity contribution in [3.05, 3.63) is 28.8 Å². The third-order valence-electron chi connectivity index (χ3n) is 4.00. The van der Waals surface area contributed by atoms with E-state index in [0.717, 1.165) is 30.6 Å². The van der Waals surface area contributed by atoms with Gasteiger partial charge in [-0.1, -0.05) is 13.8 Å². The molecule has 0 unspecified atom stereocenters. The average molecular weight is 230 g/mol. The molecule has 0 atom stereocenters. The summed E-state index contributed by atoms with van der Waals surface area (Å²) in [6.45, 7) is 5.26. The second-order valence-electron chi connectivity index (χ2n) is 5.86. The van der Waals surface area contributed by atoms with E-state index in [2.05, 4.69) is 13.8 Å². The first-order valence-electron chi connectivity index (χ1n) is 6.38. The number of carbonyl (C=O) groups excluding carboxylic acids is 1. The van der Waals surface area contributed by atoms with Gasteiger partial charge in [0.05, 0.1) is 6.61 Å². The second-order valence-corrected chi connectivity index (χ2v) is 5.86. The van der Waals surface area contributed by atoms with Crippen LogP contribution in [-0.4, -0.2) is 12.9 Å². The Balaban J connectivity index is 2.20. The molecular formula is C15H18O2. The van der Waals surface area contributed by atoms with E-state index >= 15 is 0 Å². The molecule has 1 aromatic carbocycles. The molecule has 1 heterocycles. The van der Waals surface area contributed by atoms with Gasteiger partial charge in [-0.15, -0.1) is 0 Å². The van der Waals surface area contributed by atoms with Crippen molar-refractivity contribution in [2.24, 2.45) is 0 Å². The molecule has 1 aliphatic heterocycles. The minimum atomic E-state index is 0.121. The topological polar surface area (TPSA) is 26.3 Å². The number of ether oxygens (including phenoxy) is 1. The zero-order valence-electron chi connectivity index (χ0n) is 10.5. The van der Waals surface area contributed by atoms with Gasteiger partial charge in [-0.05, 0) is 48.3 Å². The van der Waals surface area contributed by atoms with E-state index in [9.17, 15) is 4.79 Å². The van der Waals surface area contributed by atoms with Crippen molar-refractivity contribution >= 4 is 6.29 Å². The smallest absolute Gasteiger partial charge is 0.150 e. The summed E-state index contributed by atoms with van der Waals surface area (Å²) in [5.41, 5.74) is 3.40. The van der Waals surface area contributed by atoms with Crippen LogP contribution >= 0.6 is 0 Å². The summed E-state index contributed by atoms with van der Waals surface area (Å²) in [7, 11) is 0. The van der Waals surface area contributed by atoms with Gasteiger partial charge in [-0.3, -0.25) is 4.79 Å². The van der Waals surface area contributed by atoms with Crippen molar-refractivity contribution in [2.75, 3.05) is 6.61 Å². The minimum absolute atomic E-state index is 0.121. The lowest BCUT2D eigenvalue weighted by Gasteiger charge is -2.34. The van der Waals surface area contributed by atoms with Crippen LogP contribution in [0.25, 0.3) is 0 Å². The Morgan fingerprint density at radius 1 is 1.35 bits per heavy atom. The van der Waals surface area contributed by atoms with Crippen molar-refractivity contribution in [3.8, 4) is 5.75 Å². The first-order chi connectivity index (χ1) is 8.12. The SMILES string of the molecule is CC1(C)CCOc2c(C3CC3)cc(C=O)cc21. The largest absolute Gasteiger partial charge is 0.493 e. The molecule has 0 bridgehead atoms. The molecule has 3 rings (SSSR count). The average Bonchev–Trinajstić information content (AvgIpc) is 3.12. The predicted molar refractivity (Wildman–Crippen MR) is 66.9 cm³/mol. The highest BCUT2D eigenvalue weighted by atomic mass is 16.5. The van der Waals surface area contributed by atoms with Crippen LogP contribution in [0.2, 0.25) is 0 Å². The second kappa shape index (κ2) is 3.59. The Morgan fingerprint density at radius 3 is 2.76 bits per heavy atom. The maximum absolute atomic E-state index is 11.1. The fourth-order valence-corrected chi connectivity index (χ4v) is 2.65. The third-order valence-corrected chi connectivity index (χ3v) is 4.00. The van der Waals surface area contributed by atoms with Crippen LogP contribution in [-0.2, 0) is 5.41 Å². The van der Waals surface area contributed by atoms with Crippen molar-refractivity contribution in [2.45, 2.75) is 44.4 Å². The van der Waals surface area contributed by atoms with Crippen molar-refractivity contribution in [3.63, 3.8) is 0 Å². The molecule has 0 amide bonds. The lowest BCUT2D eigenvalue weighted by Crippen LogP contribution is -2.27. The van der Waals surface area contributed by atoms with Gasteiger partial charge in [-0.2, -0.15) is 0 Å². The van der Waals surface area contributed by atoms with Crippen LogP contribution in [0, 0.1) is 0 Å². The fourth-order valence-electron chi connectivity index (χ4n) is 2.65. The highest BCUT2D eigenvalue weighted by Gasteiger charge is 2.35. The monoisotopic (exact) mass is 230 g/mol. The number of aldehydes is 1. The Hall–Kier alpha value is -1.31. The van der Waals surface area contributed by atoms with E-state index in [4.69, 9.17) is 4.74 Å². The number of hydrogen-bond donors (Lipinski definition) is 0. The summed E-state index contributed by atoms with van der Waals surface area (Å²) in [4.78, 5) is 11.1. The van der Waals surface area contributed by atoms with Gasteiger partial charge in [0.25, 0.3) is 0 Å². The van der Waals surface area contributed by atoms with Gasteiger partial charge in [0, 0.05) is 11.1 Å². The molecule has 0 aromatic heterocycles. The maximum Gasteiger partial charge on any atom is 0.150 e.